The van der Waals surface area contributed by atoms with E-state index in [1.54, 1.807) is 0 Å². The van der Waals surface area contributed by atoms with Crippen LogP contribution in [0.3, 0.4) is 0 Å². The third-order valence-corrected chi connectivity index (χ3v) is 3.88. The maximum Gasteiger partial charge on any atom is 0.253 e. The molecule has 3 heteroatoms. The lowest BCUT2D eigenvalue weighted by molar-refractivity contribution is -0.116. The number of nitrogens with zero attached hydrogens (tertiary/aromatic N) is 2. The van der Waals surface area contributed by atoms with Crippen LogP contribution in [0.5, 0.6) is 0 Å². The number of carbonyl (C=O) groups excluding carboxylic acids is 1. The van der Waals surface area contributed by atoms with Gasteiger partial charge >= 0.3 is 0 Å². The fraction of sp³-hybridized carbons (Fsp3) is 0.263. The molecule has 3 rings (SSSR count). The molecule has 0 saturated heterocycles. The maximum absolute atomic E-state index is 12.2. The molecule has 0 fully saturated rings. The highest BCUT2D eigenvalue weighted by Crippen LogP contribution is 2.23. The van der Waals surface area contributed by atoms with Gasteiger partial charge in [0.15, 0.2) is 0 Å². The normalized spacial score (nSPS) is 14.3. The summed E-state index contributed by atoms with van der Waals surface area (Å²) in [6.07, 6.45) is 3.83. The molecule has 0 atom stereocenters. The fourth-order valence-corrected chi connectivity index (χ4v) is 2.61. The largest absolute Gasteiger partial charge is 0.272 e. The number of benzene rings is 2. The zero-order valence-electron chi connectivity index (χ0n) is 12.8. The predicted molar refractivity (Wildman–Crippen MR) is 90.1 cm³/mol. The van der Waals surface area contributed by atoms with Crippen molar-refractivity contribution in [1.82, 2.24) is 0 Å². The van der Waals surface area contributed by atoms with Crippen LogP contribution >= 0.6 is 0 Å². The van der Waals surface area contributed by atoms with Gasteiger partial charge in [0.25, 0.3) is 5.91 Å². The average Bonchev–Trinajstić information content (AvgIpc) is 2.96. The molecule has 2 aromatic rings. The van der Waals surface area contributed by atoms with E-state index in [1.165, 1.54) is 23.4 Å². The van der Waals surface area contributed by atoms with Gasteiger partial charge in [-0.05, 0) is 36.1 Å². The number of hydrogen-bond donors (Lipinski definition) is 0. The average molecular weight is 292 g/mol. The van der Waals surface area contributed by atoms with Gasteiger partial charge in [-0.25, -0.2) is 5.01 Å². The first kappa shape index (κ1) is 14.5. The third-order valence-electron chi connectivity index (χ3n) is 3.88. The van der Waals surface area contributed by atoms with Gasteiger partial charge in [-0.2, -0.15) is 5.10 Å². The lowest BCUT2D eigenvalue weighted by Crippen LogP contribution is -2.19. The van der Waals surface area contributed by atoms with E-state index >= 15 is 0 Å². The van der Waals surface area contributed by atoms with Gasteiger partial charge in [-0.1, -0.05) is 55.8 Å². The van der Waals surface area contributed by atoms with Gasteiger partial charge in [0.05, 0.1) is 17.8 Å². The number of hydrogen-bond acceptors (Lipinski definition) is 2. The molecule has 22 heavy (non-hydrogen) atoms. The van der Waals surface area contributed by atoms with Gasteiger partial charge in [-0.3, -0.25) is 4.79 Å². The molecule has 1 aliphatic heterocycles. The Morgan fingerprint density at radius 3 is 2.45 bits per heavy atom. The van der Waals surface area contributed by atoms with Crippen molar-refractivity contribution < 1.29 is 4.79 Å². The Labute approximate surface area is 131 Å². The number of aryl methyl sites for hydroxylation is 1. The lowest BCUT2D eigenvalue weighted by atomic mass is 10.1. The Bertz CT molecular complexity index is 674. The summed E-state index contributed by atoms with van der Waals surface area (Å²) in [7, 11) is 0. The van der Waals surface area contributed by atoms with Crippen LogP contribution in [0, 0.1) is 0 Å². The first-order valence-corrected chi connectivity index (χ1v) is 7.82. The molecule has 0 aromatic heterocycles. The number of unbranched alkanes of at least 4 members (excludes halogenated alkanes) is 1. The highest BCUT2D eigenvalue weighted by molar-refractivity contribution is 6.19. The van der Waals surface area contributed by atoms with Crippen molar-refractivity contribution in [2.24, 2.45) is 5.10 Å². The first-order chi connectivity index (χ1) is 10.8. The fourth-order valence-electron chi connectivity index (χ4n) is 2.61. The molecule has 0 spiro atoms. The number of amides is 1. The summed E-state index contributed by atoms with van der Waals surface area (Å²) < 4.78 is 0. The van der Waals surface area contributed by atoms with E-state index in [0.717, 1.165) is 23.4 Å². The van der Waals surface area contributed by atoms with Crippen LogP contribution in [-0.4, -0.2) is 11.6 Å². The van der Waals surface area contributed by atoms with E-state index < -0.39 is 0 Å². The molecule has 3 nitrogen and oxygen atoms in total. The summed E-state index contributed by atoms with van der Waals surface area (Å²) in [5.41, 5.74) is 4.00. The van der Waals surface area contributed by atoms with Crippen LogP contribution in [0.2, 0.25) is 0 Å². The highest BCUT2D eigenvalue weighted by atomic mass is 16.2. The Hall–Kier alpha value is -2.42. The van der Waals surface area contributed by atoms with E-state index in [1.807, 2.05) is 42.5 Å². The van der Waals surface area contributed by atoms with Gasteiger partial charge < -0.3 is 0 Å². The van der Waals surface area contributed by atoms with Crippen molar-refractivity contribution in [3.8, 4) is 0 Å². The second-order valence-corrected chi connectivity index (χ2v) is 5.57. The van der Waals surface area contributed by atoms with Crippen molar-refractivity contribution in [3.05, 3.63) is 65.7 Å². The Morgan fingerprint density at radius 1 is 1.05 bits per heavy atom. The smallest absolute Gasteiger partial charge is 0.253 e. The monoisotopic (exact) mass is 292 g/mol. The van der Waals surface area contributed by atoms with Crippen molar-refractivity contribution in [2.75, 3.05) is 5.01 Å². The molecule has 0 bridgehead atoms. The molecule has 0 saturated carbocycles. The van der Waals surface area contributed by atoms with Crippen molar-refractivity contribution in [3.63, 3.8) is 0 Å². The van der Waals surface area contributed by atoms with Gasteiger partial charge in [-0.15, -0.1) is 0 Å². The van der Waals surface area contributed by atoms with Crippen molar-refractivity contribution in [2.45, 2.75) is 32.6 Å². The topological polar surface area (TPSA) is 32.7 Å². The minimum atomic E-state index is 0.0279. The zero-order chi connectivity index (χ0) is 15.4. The van der Waals surface area contributed by atoms with Gasteiger partial charge in [0.1, 0.15) is 0 Å². The van der Waals surface area contributed by atoms with Crippen LogP contribution < -0.4 is 5.01 Å². The van der Waals surface area contributed by atoms with E-state index in [2.05, 4.69) is 24.2 Å². The number of carbonyl (C=O) groups is 1. The Kier molecular flexibility index (Phi) is 4.33. The van der Waals surface area contributed by atoms with Crippen LogP contribution in [0.4, 0.5) is 5.69 Å². The highest BCUT2D eigenvalue weighted by Gasteiger charge is 2.25. The minimum Gasteiger partial charge on any atom is -0.272 e. The molecule has 112 valence electrons. The quantitative estimate of drug-likeness (QED) is 0.814. The number of hydrazone groups is 1. The zero-order valence-corrected chi connectivity index (χ0v) is 12.8. The number of rotatable bonds is 5. The van der Waals surface area contributed by atoms with Crippen LogP contribution in [0.15, 0.2) is 59.7 Å². The standard InChI is InChI=1S/C19H20N2O/c1-2-3-7-15-10-12-17(13-11-15)21-19(22)14-18(20-21)16-8-5-4-6-9-16/h4-6,8-13H,2-3,7,14H2,1H3. The van der Waals surface area contributed by atoms with E-state index in [0.29, 0.717) is 6.42 Å². The van der Waals surface area contributed by atoms with Crippen LogP contribution in [0.1, 0.15) is 37.3 Å². The van der Waals surface area contributed by atoms with E-state index in [4.69, 9.17) is 0 Å². The van der Waals surface area contributed by atoms with E-state index in [9.17, 15) is 4.79 Å². The van der Waals surface area contributed by atoms with Crippen molar-refractivity contribution >= 4 is 17.3 Å². The molecule has 2 aromatic carbocycles. The molecular weight excluding hydrogens is 272 g/mol. The third kappa shape index (κ3) is 3.08. The molecule has 0 radical (unpaired) electrons. The Morgan fingerprint density at radius 2 is 1.77 bits per heavy atom. The molecule has 1 aliphatic rings. The SMILES string of the molecule is CCCCc1ccc(N2N=C(c3ccccc3)CC2=O)cc1. The summed E-state index contributed by atoms with van der Waals surface area (Å²) in [5.74, 6) is 0.0279. The maximum atomic E-state index is 12.2. The summed E-state index contributed by atoms with van der Waals surface area (Å²) in [6, 6.07) is 18.0. The minimum absolute atomic E-state index is 0.0279. The van der Waals surface area contributed by atoms with Crippen LogP contribution in [-0.2, 0) is 11.2 Å². The number of anilines is 1. The molecule has 0 unspecified atom stereocenters. The summed E-state index contributed by atoms with van der Waals surface area (Å²) >= 11 is 0. The van der Waals surface area contributed by atoms with Crippen LogP contribution in [0.25, 0.3) is 0 Å². The summed E-state index contributed by atoms with van der Waals surface area (Å²) in [5, 5.41) is 6.02. The van der Waals surface area contributed by atoms with E-state index in [-0.39, 0.29) is 5.91 Å². The summed E-state index contributed by atoms with van der Waals surface area (Å²) in [6.45, 7) is 2.19. The predicted octanol–water partition coefficient (Wildman–Crippen LogP) is 4.17. The molecule has 1 heterocycles. The van der Waals surface area contributed by atoms with Crippen molar-refractivity contribution in [1.29, 1.82) is 0 Å². The molecule has 0 N–H and O–H groups in total. The summed E-state index contributed by atoms with van der Waals surface area (Å²) in [4.78, 5) is 12.2. The van der Waals surface area contributed by atoms with Gasteiger partial charge in [0.2, 0.25) is 0 Å². The van der Waals surface area contributed by atoms with Gasteiger partial charge in [0, 0.05) is 0 Å². The molecule has 0 aliphatic carbocycles. The second kappa shape index (κ2) is 6.56. The Balaban J connectivity index is 1.79. The second-order valence-electron chi connectivity index (χ2n) is 5.57. The molecular formula is C19H20N2O. The first-order valence-electron chi connectivity index (χ1n) is 7.82. The lowest BCUT2D eigenvalue weighted by Gasteiger charge is -2.12. The molecule has 1 amide bonds.